The minimum atomic E-state index is -5.32. The second-order valence-electron chi connectivity index (χ2n) is 8.40. The Hall–Kier alpha value is -3.41. The van der Waals surface area contributed by atoms with E-state index < -0.39 is 106 Å². The highest BCUT2D eigenvalue weighted by Crippen LogP contribution is 2.41. The number of amides is 2. The molecular weight excluding hydrogens is 580 g/mol. The predicted molar refractivity (Wildman–Crippen MR) is 119 cm³/mol. The van der Waals surface area contributed by atoms with Crippen molar-refractivity contribution in [2.75, 3.05) is 13.2 Å². The number of carboxylic acids is 1. The maximum Gasteiger partial charge on any atom is 0.698 e. The molecule has 226 valence electrons. The van der Waals surface area contributed by atoms with Gasteiger partial charge in [0, 0.05) is 31.3 Å². The van der Waals surface area contributed by atoms with Gasteiger partial charge in [-0.25, -0.2) is 4.79 Å². The number of rotatable bonds is 12. The lowest BCUT2D eigenvalue weighted by Gasteiger charge is -2.46. The van der Waals surface area contributed by atoms with Gasteiger partial charge in [0.15, 0.2) is 0 Å². The van der Waals surface area contributed by atoms with Gasteiger partial charge in [0.25, 0.3) is 0 Å². The molecule has 1 saturated heterocycles. The Balaban J connectivity index is 3.56. The highest BCUT2D eigenvalue weighted by Gasteiger charge is 2.61. The zero-order valence-electron chi connectivity index (χ0n) is 21.4. The van der Waals surface area contributed by atoms with E-state index in [9.17, 15) is 56.5 Å². The second kappa shape index (κ2) is 14.3. The molecule has 40 heavy (non-hydrogen) atoms. The molecule has 16 nitrogen and oxygen atoms in total. The van der Waals surface area contributed by atoms with Crippen LogP contribution in [0.15, 0.2) is 0 Å². The summed E-state index contributed by atoms with van der Waals surface area (Å²) in [6.07, 6.45) is -11.3. The lowest BCUT2D eigenvalue weighted by atomic mass is 9.84. The molecule has 4 N–H and O–H groups in total. The van der Waals surface area contributed by atoms with Crippen molar-refractivity contribution >= 4 is 43.9 Å². The van der Waals surface area contributed by atoms with Gasteiger partial charge in [0.2, 0.25) is 5.91 Å². The highest BCUT2D eigenvalue weighted by molar-refractivity contribution is 7.32. The van der Waals surface area contributed by atoms with Gasteiger partial charge in [-0.05, 0) is 0 Å². The monoisotopic (exact) mass is 607 g/mol. The number of hydrogen-bond donors (Lipinski definition) is 4. The fraction of sp³-hybridized carbons (Fsp3) is 0.700. The van der Waals surface area contributed by atoms with Crippen LogP contribution in [0.4, 0.5) is 13.2 Å². The molecule has 1 rings (SSSR count). The number of alkyl halides is 3. The van der Waals surface area contributed by atoms with Crippen LogP contribution >= 0.6 is 8.25 Å². The normalized spacial score (nSPS) is 24.5. The maximum atomic E-state index is 12.5. The van der Waals surface area contributed by atoms with Crippen molar-refractivity contribution in [2.24, 2.45) is 5.92 Å². The van der Waals surface area contributed by atoms with Crippen molar-refractivity contribution in [1.29, 1.82) is 0 Å². The zero-order chi connectivity index (χ0) is 31.0. The van der Waals surface area contributed by atoms with E-state index in [1.165, 1.54) is 12.2 Å². The van der Waals surface area contributed by atoms with Gasteiger partial charge in [-0.15, -0.1) is 4.89 Å². The molecular formula is C20H27F3N2O14P+. The van der Waals surface area contributed by atoms with Gasteiger partial charge in [0.05, 0.1) is 25.1 Å². The molecule has 2 amide bonds. The third-order valence-corrected chi connectivity index (χ3v) is 5.74. The Morgan fingerprint density at radius 2 is 1.70 bits per heavy atom. The Morgan fingerprint density at radius 1 is 1.10 bits per heavy atom. The lowest BCUT2D eigenvalue weighted by Crippen LogP contribution is -2.67. The van der Waals surface area contributed by atoms with E-state index in [2.05, 4.69) is 9.84 Å². The van der Waals surface area contributed by atoms with Gasteiger partial charge in [-0.2, -0.15) is 13.2 Å². The molecule has 0 aliphatic carbocycles. The van der Waals surface area contributed by atoms with Crippen LogP contribution in [0.25, 0.3) is 0 Å². The largest absolute Gasteiger partial charge is 0.698 e. The van der Waals surface area contributed by atoms with Crippen LogP contribution in [-0.4, -0.2) is 95.2 Å². The topological polar surface area (TPSA) is 230 Å². The van der Waals surface area contributed by atoms with Crippen LogP contribution in [0.3, 0.4) is 0 Å². The minimum absolute atomic E-state index is 0.633. The van der Waals surface area contributed by atoms with Gasteiger partial charge in [-0.3, -0.25) is 24.0 Å². The van der Waals surface area contributed by atoms with Crippen LogP contribution in [0.2, 0.25) is 0 Å². The first kappa shape index (κ1) is 34.6. The van der Waals surface area contributed by atoms with Crippen molar-refractivity contribution in [3.8, 4) is 0 Å². The molecule has 0 spiro atoms. The van der Waals surface area contributed by atoms with Crippen molar-refractivity contribution in [3.63, 3.8) is 0 Å². The summed E-state index contributed by atoms with van der Waals surface area (Å²) >= 11 is 0. The van der Waals surface area contributed by atoms with E-state index in [1.807, 2.05) is 0 Å². The number of hydrogen-bond acceptors (Lipinski definition) is 12. The zero-order valence-corrected chi connectivity index (χ0v) is 22.3. The van der Waals surface area contributed by atoms with E-state index in [1.54, 1.807) is 0 Å². The maximum absolute atomic E-state index is 12.5. The SMILES string of the molecule is CC(=O)OC[C@@H](OC(C)=O)[C@@H](C)C1O[C@](O[P+](=O)O)(C(=O)O)CC(OC(C)=O)[C@H]1NC(=O)CNC(=O)C(F)(F)F. The van der Waals surface area contributed by atoms with Gasteiger partial charge in [0.1, 0.15) is 18.8 Å². The van der Waals surface area contributed by atoms with Crippen molar-refractivity contribution in [2.45, 2.75) is 70.4 Å². The Morgan fingerprint density at radius 3 is 2.15 bits per heavy atom. The number of ether oxygens (including phenoxy) is 4. The highest BCUT2D eigenvalue weighted by atomic mass is 31.1. The van der Waals surface area contributed by atoms with Crippen LogP contribution in [-0.2, 0) is 56.8 Å². The number of esters is 3. The molecule has 0 radical (unpaired) electrons. The summed E-state index contributed by atoms with van der Waals surface area (Å²) in [5.74, 6) is -12.8. The van der Waals surface area contributed by atoms with Gasteiger partial charge < -0.3 is 34.7 Å². The predicted octanol–water partition coefficient (Wildman–Crippen LogP) is -0.552. The van der Waals surface area contributed by atoms with Gasteiger partial charge in [-0.1, -0.05) is 11.4 Å². The molecule has 0 aromatic carbocycles. The first-order chi connectivity index (χ1) is 18.3. The summed E-state index contributed by atoms with van der Waals surface area (Å²) < 4.78 is 74.2. The Kier molecular flexibility index (Phi) is 12.4. The van der Waals surface area contributed by atoms with Crippen LogP contribution in [0.1, 0.15) is 34.1 Å². The molecule has 1 aliphatic rings. The molecule has 0 bridgehead atoms. The number of carboxylic acid groups (broad SMARTS) is 1. The molecule has 20 heteroatoms. The smallest absolute Gasteiger partial charge is 0.477 e. The van der Waals surface area contributed by atoms with Crippen molar-refractivity contribution in [3.05, 3.63) is 0 Å². The van der Waals surface area contributed by atoms with Crippen LogP contribution in [0.5, 0.6) is 0 Å². The van der Waals surface area contributed by atoms with E-state index in [0.717, 1.165) is 20.8 Å². The summed E-state index contributed by atoms with van der Waals surface area (Å²) in [5, 5.41) is 13.3. The molecule has 1 fully saturated rings. The third kappa shape index (κ3) is 10.3. The lowest BCUT2D eigenvalue weighted by molar-refractivity contribution is -0.279. The van der Waals surface area contributed by atoms with Crippen LogP contribution in [0, 0.1) is 5.92 Å². The fourth-order valence-corrected chi connectivity index (χ4v) is 4.11. The number of halogens is 3. The Labute approximate surface area is 224 Å². The van der Waals surface area contributed by atoms with E-state index in [0.29, 0.717) is 0 Å². The first-order valence-electron chi connectivity index (χ1n) is 11.2. The standard InChI is InChI=1S/C20H26F3N2O14P/c1-8(13(37-11(4)28)7-35-9(2)26)16-15(25-14(29)6-24-17(30)20(21,22)23)12(36-10(3)27)5-19(38-16,18(31)32)39-40(33)34/h8,12-13,15-16H,5-7H2,1-4H3,(H3-,24,25,29,30,31,32,33,34)/p+1/t8-,12?,13-,15-,16?,19-/m1/s1. The number of nitrogens with one attached hydrogen (secondary N) is 2. The quantitative estimate of drug-likeness (QED) is 0.124. The van der Waals surface area contributed by atoms with Crippen LogP contribution < -0.4 is 10.6 Å². The number of aliphatic carboxylic acids is 1. The molecule has 0 saturated carbocycles. The summed E-state index contributed by atoms with van der Waals surface area (Å²) in [6.45, 7) is 2.24. The average molecular weight is 607 g/mol. The van der Waals surface area contributed by atoms with E-state index in [-0.39, 0.29) is 0 Å². The van der Waals surface area contributed by atoms with E-state index >= 15 is 0 Å². The number of carbonyl (C=O) groups excluding carboxylic acids is 5. The van der Waals surface area contributed by atoms with Crippen molar-refractivity contribution in [1.82, 2.24) is 10.6 Å². The minimum Gasteiger partial charge on any atom is -0.477 e. The Bertz CT molecular complexity index is 1020. The average Bonchev–Trinajstić information content (AvgIpc) is 2.79. The third-order valence-electron chi connectivity index (χ3n) is 5.29. The summed E-state index contributed by atoms with van der Waals surface area (Å²) in [5.41, 5.74) is 0. The fourth-order valence-electron chi connectivity index (χ4n) is 3.66. The second-order valence-corrected chi connectivity index (χ2v) is 9.06. The van der Waals surface area contributed by atoms with E-state index in [4.69, 9.17) is 18.9 Å². The summed E-state index contributed by atoms with van der Waals surface area (Å²) in [4.78, 5) is 79.9. The molecule has 0 aromatic heterocycles. The summed E-state index contributed by atoms with van der Waals surface area (Å²) in [7, 11) is -3.67. The number of carbonyl (C=O) groups is 6. The molecule has 1 heterocycles. The first-order valence-corrected chi connectivity index (χ1v) is 12.3. The summed E-state index contributed by atoms with van der Waals surface area (Å²) in [6, 6.07) is -1.64. The molecule has 7 atom stereocenters. The molecule has 3 unspecified atom stereocenters. The van der Waals surface area contributed by atoms with Crippen molar-refractivity contribution < 1.29 is 80.0 Å². The molecule has 0 aromatic rings. The van der Waals surface area contributed by atoms with Gasteiger partial charge >= 0.3 is 50.0 Å². The molecule has 1 aliphatic heterocycles.